The first kappa shape index (κ1) is 15.2. The molecule has 0 bridgehead atoms. The summed E-state index contributed by atoms with van der Waals surface area (Å²) in [5.74, 6) is 0. The Balaban J connectivity index is 1.81. The van der Waals surface area contributed by atoms with Gasteiger partial charge < -0.3 is 5.32 Å². The van der Waals surface area contributed by atoms with Crippen LogP contribution in [0, 0.1) is 6.92 Å². The molecule has 0 spiro atoms. The van der Waals surface area contributed by atoms with E-state index in [4.69, 9.17) is 0 Å². The molecule has 0 aromatic heterocycles. The molecule has 0 saturated heterocycles. The van der Waals surface area contributed by atoms with Crippen molar-refractivity contribution in [2.24, 2.45) is 0 Å². The molecule has 0 unspecified atom stereocenters. The second-order valence-corrected chi connectivity index (χ2v) is 5.73. The highest BCUT2D eigenvalue weighted by molar-refractivity contribution is 8.03. The van der Waals surface area contributed by atoms with Gasteiger partial charge in [0.2, 0.25) is 0 Å². The van der Waals surface area contributed by atoms with E-state index in [1.54, 1.807) is 11.8 Å². The number of para-hydroxylation sites is 1. The van der Waals surface area contributed by atoms with E-state index in [1.807, 2.05) is 54.8 Å². The molecule has 0 atom stereocenters. The highest BCUT2D eigenvalue weighted by Gasteiger charge is 1.97. The zero-order valence-corrected chi connectivity index (χ0v) is 12.9. The van der Waals surface area contributed by atoms with Gasteiger partial charge >= 0.3 is 0 Å². The molecule has 0 amide bonds. The van der Waals surface area contributed by atoms with Crippen molar-refractivity contribution in [1.82, 2.24) is 0 Å². The molecule has 2 rings (SSSR count). The molecular weight excluding hydrogens is 274 g/mol. The summed E-state index contributed by atoms with van der Waals surface area (Å²) in [6.45, 7) is 6.18. The van der Waals surface area contributed by atoms with Crippen molar-refractivity contribution in [3.8, 4) is 0 Å². The van der Waals surface area contributed by atoms with Crippen molar-refractivity contribution >= 4 is 17.4 Å². The first-order chi connectivity index (χ1) is 10.3. The van der Waals surface area contributed by atoms with Gasteiger partial charge in [0.25, 0.3) is 0 Å². The number of nitrogens with one attached hydrogen (secondary N) is 1. The van der Waals surface area contributed by atoms with E-state index in [1.165, 1.54) is 10.5 Å². The lowest BCUT2D eigenvalue weighted by Crippen LogP contribution is -1.84. The summed E-state index contributed by atoms with van der Waals surface area (Å²) in [4.78, 5) is 2.27. The Morgan fingerprint density at radius 3 is 2.48 bits per heavy atom. The highest BCUT2D eigenvalue weighted by atomic mass is 32.2. The molecule has 0 saturated carbocycles. The van der Waals surface area contributed by atoms with Gasteiger partial charge in [-0.1, -0.05) is 60.8 Å². The molecule has 0 aliphatic carbocycles. The third-order valence-corrected chi connectivity index (χ3v) is 3.92. The van der Waals surface area contributed by atoms with Crippen LogP contribution in [0.15, 0.2) is 95.4 Å². The van der Waals surface area contributed by atoms with Gasteiger partial charge in [-0.3, -0.25) is 0 Å². The summed E-state index contributed by atoms with van der Waals surface area (Å²) < 4.78 is 0. The molecule has 0 radical (unpaired) electrons. The summed E-state index contributed by atoms with van der Waals surface area (Å²) in [7, 11) is 0. The Morgan fingerprint density at radius 2 is 1.71 bits per heavy atom. The van der Waals surface area contributed by atoms with E-state index in [0.29, 0.717) is 0 Å². The van der Waals surface area contributed by atoms with E-state index in [9.17, 15) is 0 Å². The molecule has 0 fully saturated rings. The average Bonchev–Trinajstić information content (AvgIpc) is 2.50. The molecule has 0 aliphatic heterocycles. The van der Waals surface area contributed by atoms with Crippen molar-refractivity contribution in [2.75, 3.05) is 5.32 Å². The number of thioether (sulfide) groups is 1. The molecule has 2 heteroatoms. The number of benzene rings is 2. The lowest BCUT2D eigenvalue weighted by atomic mass is 10.2. The smallest absolute Gasteiger partial charge is 0.0379 e. The van der Waals surface area contributed by atoms with Crippen LogP contribution < -0.4 is 5.32 Å². The van der Waals surface area contributed by atoms with Gasteiger partial charge in [-0.05, 0) is 42.8 Å². The van der Waals surface area contributed by atoms with Crippen LogP contribution in [0.5, 0.6) is 0 Å². The molecule has 1 N–H and O–H groups in total. The Kier molecular flexibility index (Phi) is 5.92. The van der Waals surface area contributed by atoms with E-state index in [2.05, 4.69) is 43.1 Å². The Labute approximate surface area is 131 Å². The molecule has 1 nitrogen and oxygen atoms in total. The van der Waals surface area contributed by atoms with Gasteiger partial charge in [-0.2, -0.15) is 0 Å². The van der Waals surface area contributed by atoms with Crippen LogP contribution in [0.4, 0.5) is 5.69 Å². The fourth-order valence-corrected chi connectivity index (χ4v) is 2.55. The first-order valence-electron chi connectivity index (χ1n) is 6.83. The van der Waals surface area contributed by atoms with Gasteiger partial charge in [0.05, 0.1) is 0 Å². The minimum atomic E-state index is 1.02. The zero-order chi connectivity index (χ0) is 14.9. The van der Waals surface area contributed by atoms with Crippen LogP contribution >= 0.6 is 11.8 Å². The molecule has 2 aromatic rings. The van der Waals surface area contributed by atoms with Gasteiger partial charge in [-0.15, -0.1) is 0 Å². The van der Waals surface area contributed by atoms with Crippen LogP contribution in [0.3, 0.4) is 0 Å². The lowest BCUT2D eigenvalue weighted by molar-refractivity contribution is 1.31. The van der Waals surface area contributed by atoms with Crippen LogP contribution in [0.1, 0.15) is 5.56 Å². The van der Waals surface area contributed by atoms with E-state index >= 15 is 0 Å². The summed E-state index contributed by atoms with van der Waals surface area (Å²) >= 11 is 1.69. The van der Waals surface area contributed by atoms with Crippen molar-refractivity contribution in [1.29, 1.82) is 0 Å². The minimum Gasteiger partial charge on any atom is -0.362 e. The van der Waals surface area contributed by atoms with Crippen molar-refractivity contribution in [3.05, 3.63) is 96.1 Å². The standard InChI is InChI=1S/C19H19NS/c1-16-10-6-7-14-19(16)21-17(2)11-8-9-15-20-18-12-4-3-5-13-18/h3-15,20H,2H2,1H3. The Hall–Kier alpha value is -2.19. The third kappa shape index (κ3) is 5.36. The largest absolute Gasteiger partial charge is 0.362 e. The maximum absolute atomic E-state index is 4.07. The molecule has 21 heavy (non-hydrogen) atoms. The minimum absolute atomic E-state index is 1.02. The van der Waals surface area contributed by atoms with E-state index in [0.717, 1.165) is 10.6 Å². The molecular formula is C19H19NS. The SMILES string of the molecule is C=C(C=CC=CNc1ccccc1)Sc1ccccc1C. The van der Waals surface area contributed by atoms with E-state index in [-0.39, 0.29) is 0 Å². The molecule has 2 aromatic carbocycles. The highest BCUT2D eigenvalue weighted by Crippen LogP contribution is 2.28. The number of hydrogen-bond acceptors (Lipinski definition) is 2. The topological polar surface area (TPSA) is 12.0 Å². The van der Waals surface area contributed by atoms with Crippen LogP contribution in [-0.2, 0) is 0 Å². The molecule has 106 valence electrons. The number of anilines is 1. The normalized spacial score (nSPS) is 11.1. The Morgan fingerprint density at radius 1 is 1.00 bits per heavy atom. The fourth-order valence-electron chi connectivity index (χ4n) is 1.74. The predicted octanol–water partition coefficient (Wildman–Crippen LogP) is 5.78. The summed E-state index contributed by atoms with van der Waals surface area (Å²) in [5.41, 5.74) is 2.36. The summed E-state index contributed by atoms with van der Waals surface area (Å²) in [5, 5.41) is 3.21. The number of hydrogen-bond donors (Lipinski definition) is 1. The quantitative estimate of drug-likeness (QED) is 0.535. The number of allylic oxidation sites excluding steroid dienone is 3. The van der Waals surface area contributed by atoms with Gasteiger partial charge in [0.15, 0.2) is 0 Å². The van der Waals surface area contributed by atoms with Gasteiger partial charge in [0, 0.05) is 21.7 Å². The zero-order valence-electron chi connectivity index (χ0n) is 12.1. The third-order valence-electron chi connectivity index (χ3n) is 2.85. The van der Waals surface area contributed by atoms with Crippen molar-refractivity contribution in [2.45, 2.75) is 11.8 Å². The second kappa shape index (κ2) is 8.18. The fraction of sp³-hybridized carbons (Fsp3) is 0.0526. The van der Waals surface area contributed by atoms with Crippen molar-refractivity contribution in [3.63, 3.8) is 0 Å². The summed E-state index contributed by atoms with van der Waals surface area (Å²) in [6.07, 6.45) is 7.89. The predicted molar refractivity (Wildman–Crippen MR) is 94.5 cm³/mol. The summed E-state index contributed by atoms with van der Waals surface area (Å²) in [6, 6.07) is 18.4. The van der Waals surface area contributed by atoms with Gasteiger partial charge in [0.1, 0.15) is 0 Å². The van der Waals surface area contributed by atoms with Gasteiger partial charge in [-0.25, -0.2) is 0 Å². The lowest BCUT2D eigenvalue weighted by Gasteiger charge is -2.03. The maximum atomic E-state index is 4.07. The van der Waals surface area contributed by atoms with Crippen LogP contribution in [0.25, 0.3) is 0 Å². The molecule has 0 heterocycles. The van der Waals surface area contributed by atoms with Crippen LogP contribution in [0.2, 0.25) is 0 Å². The van der Waals surface area contributed by atoms with Crippen LogP contribution in [-0.4, -0.2) is 0 Å². The van der Waals surface area contributed by atoms with Crippen molar-refractivity contribution < 1.29 is 0 Å². The maximum Gasteiger partial charge on any atom is 0.0379 e. The monoisotopic (exact) mass is 293 g/mol. The molecule has 0 aliphatic rings. The van der Waals surface area contributed by atoms with E-state index < -0.39 is 0 Å². The first-order valence-corrected chi connectivity index (χ1v) is 7.64. The average molecular weight is 293 g/mol. The number of rotatable bonds is 6. The number of aryl methyl sites for hydroxylation is 1. The Bertz CT molecular complexity index is 642. The second-order valence-electron chi connectivity index (χ2n) is 4.56.